The molecule has 0 radical (unpaired) electrons. The molecular formula is C10H12N2O3S2. The zero-order valence-electron chi connectivity index (χ0n) is 9.60. The molecule has 0 unspecified atom stereocenters. The van der Waals surface area contributed by atoms with Crippen LogP contribution in [0.2, 0.25) is 0 Å². The summed E-state index contributed by atoms with van der Waals surface area (Å²) in [7, 11) is 0. The lowest BCUT2D eigenvalue weighted by Crippen LogP contribution is -2.32. The van der Waals surface area contributed by atoms with Crippen LogP contribution >= 0.6 is 24.0 Å². The summed E-state index contributed by atoms with van der Waals surface area (Å²) in [4.78, 5) is 26.1. The van der Waals surface area contributed by atoms with Crippen LogP contribution in [-0.2, 0) is 4.74 Å². The van der Waals surface area contributed by atoms with Crippen molar-refractivity contribution in [1.82, 2.24) is 9.55 Å². The molecule has 0 saturated carbocycles. The highest BCUT2D eigenvalue weighted by molar-refractivity contribution is 7.83. The van der Waals surface area contributed by atoms with Crippen LogP contribution in [0.5, 0.6) is 0 Å². The Morgan fingerprint density at radius 3 is 2.76 bits per heavy atom. The highest BCUT2D eigenvalue weighted by Crippen LogP contribution is 2.26. The normalized spacial score (nSPS) is 12.0. The number of thiol groups is 1. The van der Waals surface area contributed by atoms with Gasteiger partial charge in [0.2, 0.25) is 0 Å². The van der Waals surface area contributed by atoms with Crippen LogP contribution in [0.15, 0.2) is 14.4 Å². The highest BCUT2D eigenvalue weighted by Gasteiger charge is 2.22. The van der Waals surface area contributed by atoms with Gasteiger partial charge >= 0.3 is 11.8 Å². The average molecular weight is 272 g/mol. The number of hydrogen-bond donors (Lipinski definition) is 2. The van der Waals surface area contributed by atoms with Crippen molar-refractivity contribution < 1.29 is 9.53 Å². The fourth-order valence-electron chi connectivity index (χ4n) is 1.38. The molecule has 2 aromatic rings. The number of fused-ring (bicyclic) bond motifs is 1. The molecule has 17 heavy (non-hydrogen) atoms. The minimum atomic E-state index is -0.681. The Balaban J connectivity index is 2.52. The number of nitrogens with zero attached hydrogens (tertiary/aromatic N) is 1. The van der Waals surface area contributed by atoms with E-state index < -0.39 is 17.4 Å². The molecule has 0 aliphatic heterocycles. The van der Waals surface area contributed by atoms with Crippen molar-refractivity contribution in [2.45, 2.75) is 30.6 Å². The van der Waals surface area contributed by atoms with Crippen molar-refractivity contribution in [1.29, 1.82) is 0 Å². The number of carbonyl (C=O) groups is 1. The maximum atomic E-state index is 11.9. The smallest absolute Gasteiger partial charge is 0.423 e. The molecule has 5 nitrogen and oxygen atoms in total. The number of hydrogen-bond acceptors (Lipinski definition) is 5. The molecule has 0 aromatic carbocycles. The fraction of sp³-hybridized carbons (Fsp3) is 0.400. The summed E-state index contributed by atoms with van der Waals surface area (Å²) >= 11 is 5.55. The zero-order valence-corrected chi connectivity index (χ0v) is 11.3. The Hall–Kier alpha value is -1.21. The average Bonchev–Trinajstić information content (AvgIpc) is 2.63. The van der Waals surface area contributed by atoms with E-state index in [1.807, 2.05) is 0 Å². The summed E-state index contributed by atoms with van der Waals surface area (Å²) in [6.45, 7) is 5.24. The second-order valence-electron chi connectivity index (χ2n) is 4.55. The largest absolute Gasteiger partial charge is 0.443 e. The predicted molar refractivity (Wildman–Crippen MR) is 69.3 cm³/mol. The quantitative estimate of drug-likeness (QED) is 0.724. The second kappa shape index (κ2) is 3.92. The third-order valence-electron chi connectivity index (χ3n) is 2.00. The number of H-pyrrole nitrogens is 1. The predicted octanol–water partition coefficient (Wildman–Crippen LogP) is 2.46. The van der Waals surface area contributed by atoms with Crippen LogP contribution in [0, 0.1) is 0 Å². The molecule has 0 saturated heterocycles. The van der Waals surface area contributed by atoms with Crippen molar-refractivity contribution in [3.8, 4) is 0 Å². The van der Waals surface area contributed by atoms with Gasteiger partial charge in [-0.05, 0) is 20.8 Å². The topological polar surface area (TPSA) is 64.1 Å². The number of carbonyl (C=O) groups excluding carboxylic acids is 1. The standard InChI is InChI=1S/C10H12N2O3S2/c1-10(2,3)15-9(14)12-5-4-17-7(16)6(5)11-8(12)13/h4,16H,1-3H3,(H,11,13). The van der Waals surface area contributed by atoms with E-state index in [9.17, 15) is 9.59 Å². The first-order valence-electron chi connectivity index (χ1n) is 4.94. The molecule has 0 bridgehead atoms. The van der Waals surface area contributed by atoms with Gasteiger partial charge in [-0.2, -0.15) is 4.57 Å². The Bertz CT molecular complexity index is 630. The zero-order chi connectivity index (χ0) is 12.8. The molecule has 0 atom stereocenters. The van der Waals surface area contributed by atoms with Gasteiger partial charge in [0.1, 0.15) is 5.60 Å². The maximum absolute atomic E-state index is 11.9. The molecule has 2 aromatic heterocycles. The second-order valence-corrected chi connectivity index (χ2v) is 6.18. The molecule has 2 heterocycles. The van der Waals surface area contributed by atoms with E-state index >= 15 is 0 Å². The van der Waals surface area contributed by atoms with Crippen LogP contribution in [-0.4, -0.2) is 21.2 Å². The Labute approximate surface area is 107 Å². The number of nitrogens with one attached hydrogen (secondary N) is 1. The van der Waals surface area contributed by atoms with Gasteiger partial charge in [0.15, 0.2) is 0 Å². The van der Waals surface area contributed by atoms with E-state index in [0.29, 0.717) is 15.2 Å². The molecular weight excluding hydrogens is 260 g/mol. The van der Waals surface area contributed by atoms with Crippen LogP contribution in [0.25, 0.3) is 11.0 Å². The van der Waals surface area contributed by atoms with Gasteiger partial charge in [0.05, 0.1) is 15.2 Å². The molecule has 2 rings (SSSR count). The molecule has 92 valence electrons. The van der Waals surface area contributed by atoms with Gasteiger partial charge in [-0.25, -0.2) is 9.59 Å². The summed E-state index contributed by atoms with van der Waals surface area (Å²) in [6, 6.07) is 0. The van der Waals surface area contributed by atoms with E-state index in [4.69, 9.17) is 4.74 Å². The lowest BCUT2D eigenvalue weighted by Gasteiger charge is -2.18. The first-order chi connectivity index (χ1) is 7.79. The third kappa shape index (κ3) is 2.25. The number of ether oxygens (including phenoxy) is 1. The number of aromatic amines is 1. The molecule has 0 aliphatic carbocycles. The summed E-state index contributed by atoms with van der Waals surface area (Å²) in [5, 5.41) is 1.69. The SMILES string of the molecule is CC(C)(C)OC(=O)n1c(=O)[nH]c2c(S)scc21. The number of thiophene rings is 1. The van der Waals surface area contributed by atoms with E-state index in [1.165, 1.54) is 11.3 Å². The van der Waals surface area contributed by atoms with Gasteiger partial charge in [0, 0.05) is 5.38 Å². The van der Waals surface area contributed by atoms with Crippen LogP contribution in [0.3, 0.4) is 0 Å². The lowest BCUT2D eigenvalue weighted by atomic mass is 10.2. The Morgan fingerprint density at radius 1 is 1.53 bits per heavy atom. The van der Waals surface area contributed by atoms with Crippen molar-refractivity contribution in [3.63, 3.8) is 0 Å². The summed E-state index contributed by atoms with van der Waals surface area (Å²) in [5.41, 5.74) is -0.0827. The number of aromatic nitrogens is 2. The first-order valence-corrected chi connectivity index (χ1v) is 6.27. The maximum Gasteiger partial charge on any atom is 0.423 e. The monoisotopic (exact) mass is 272 g/mol. The fourth-order valence-corrected chi connectivity index (χ4v) is 2.43. The number of rotatable bonds is 0. The van der Waals surface area contributed by atoms with Crippen molar-refractivity contribution in [2.24, 2.45) is 0 Å². The Kier molecular flexibility index (Phi) is 2.82. The van der Waals surface area contributed by atoms with E-state index in [1.54, 1.807) is 26.2 Å². The summed E-state index contributed by atoms with van der Waals surface area (Å²) in [6.07, 6.45) is -0.681. The van der Waals surface area contributed by atoms with Crippen LogP contribution in [0.1, 0.15) is 20.8 Å². The molecule has 0 amide bonds. The highest BCUT2D eigenvalue weighted by atomic mass is 32.2. The van der Waals surface area contributed by atoms with Gasteiger partial charge < -0.3 is 9.72 Å². The molecule has 7 heteroatoms. The van der Waals surface area contributed by atoms with Crippen molar-refractivity contribution in [3.05, 3.63) is 15.9 Å². The lowest BCUT2D eigenvalue weighted by molar-refractivity contribution is 0.0538. The number of imidazole rings is 1. The minimum Gasteiger partial charge on any atom is -0.443 e. The third-order valence-corrected chi connectivity index (χ3v) is 3.31. The molecule has 1 N–H and O–H groups in total. The van der Waals surface area contributed by atoms with Crippen LogP contribution in [0.4, 0.5) is 4.79 Å². The van der Waals surface area contributed by atoms with Gasteiger partial charge in [0.25, 0.3) is 0 Å². The molecule has 0 fully saturated rings. The summed E-state index contributed by atoms with van der Waals surface area (Å²) < 4.78 is 6.81. The van der Waals surface area contributed by atoms with E-state index in [-0.39, 0.29) is 0 Å². The van der Waals surface area contributed by atoms with E-state index in [2.05, 4.69) is 17.6 Å². The van der Waals surface area contributed by atoms with Gasteiger partial charge in [-0.1, -0.05) is 0 Å². The van der Waals surface area contributed by atoms with E-state index in [0.717, 1.165) is 4.57 Å². The minimum absolute atomic E-state index is 0.499. The molecule has 0 aliphatic rings. The van der Waals surface area contributed by atoms with Crippen molar-refractivity contribution in [2.75, 3.05) is 0 Å². The van der Waals surface area contributed by atoms with Gasteiger partial charge in [-0.15, -0.1) is 24.0 Å². The summed E-state index contributed by atoms with van der Waals surface area (Å²) in [5.74, 6) is 0. The Morgan fingerprint density at radius 2 is 2.18 bits per heavy atom. The first kappa shape index (κ1) is 12.3. The van der Waals surface area contributed by atoms with Gasteiger partial charge in [-0.3, -0.25) is 0 Å². The van der Waals surface area contributed by atoms with Crippen LogP contribution < -0.4 is 5.69 Å². The molecule has 0 spiro atoms. The van der Waals surface area contributed by atoms with Crippen molar-refractivity contribution >= 4 is 41.1 Å².